The van der Waals surface area contributed by atoms with Crippen molar-refractivity contribution in [1.82, 2.24) is 21.3 Å². The molecule has 12 heteroatoms. The maximum absolute atomic E-state index is 3.25. The minimum Gasteiger partial charge on any atom is -1.00 e. The molecule has 0 radical (unpaired) electrons. The van der Waals surface area contributed by atoms with E-state index in [2.05, 4.69) is 42.5 Å². The largest absolute Gasteiger partial charge is 1.00 e. The highest BCUT2D eigenvalue weighted by Gasteiger charge is 1.97. The minimum atomic E-state index is 0. The van der Waals surface area contributed by atoms with E-state index in [9.17, 15) is 0 Å². The fourth-order valence-electron chi connectivity index (χ4n) is 2.71. The number of rotatable bonds is 0. The van der Waals surface area contributed by atoms with E-state index in [0.29, 0.717) is 0 Å². The van der Waals surface area contributed by atoms with E-state index in [-0.39, 0.29) is 49.6 Å². The zero-order valence-electron chi connectivity index (χ0n) is 17.1. The highest BCUT2D eigenvalue weighted by Crippen LogP contribution is 1.56. The summed E-state index contributed by atoms with van der Waals surface area (Å²) in [5, 5.41) is 22.3. The van der Waals surface area contributed by atoms with Crippen LogP contribution < -0.4 is 92.2 Å². The van der Waals surface area contributed by atoms with Gasteiger partial charge in [0.2, 0.25) is 0 Å². The van der Waals surface area contributed by atoms with Crippen molar-refractivity contribution in [1.29, 1.82) is 0 Å². The molecule has 0 aromatic rings. The van der Waals surface area contributed by atoms with Gasteiger partial charge in [0.25, 0.3) is 0 Å². The smallest absolute Gasteiger partial charge is 0.0882 e. The molecule has 0 aromatic carbocycles. The van der Waals surface area contributed by atoms with Crippen LogP contribution in [0, 0.1) is 0 Å². The van der Waals surface area contributed by atoms with Crippen LogP contribution in [0.5, 0.6) is 0 Å². The van der Waals surface area contributed by atoms with Gasteiger partial charge in [0.05, 0.1) is 52.4 Å². The van der Waals surface area contributed by atoms with Crippen LogP contribution in [0.25, 0.3) is 0 Å². The molecule has 0 unspecified atom stereocenters. The van der Waals surface area contributed by atoms with Crippen LogP contribution in [0.15, 0.2) is 0 Å². The first-order chi connectivity index (χ1) is 12.0. The molecule has 28 heavy (non-hydrogen) atoms. The third-order valence-electron chi connectivity index (χ3n) is 4.20. The highest BCUT2D eigenvalue weighted by atomic mass is 35.5. The molecular formula is C16H44Cl4N8. The van der Waals surface area contributed by atoms with Crippen LogP contribution in [0.2, 0.25) is 0 Å². The summed E-state index contributed by atoms with van der Waals surface area (Å²) in [6.45, 7) is 19.7. The van der Waals surface area contributed by atoms with Gasteiger partial charge in [-0.2, -0.15) is 0 Å². The van der Waals surface area contributed by atoms with E-state index in [0.717, 1.165) is 0 Å². The SMILES string of the molecule is C1C[NH2+]CCN1.C1C[NH2+]CCN1.C1C[NH2+]CCN1.C1C[NH2+]CCN1.[Cl-].[Cl-].[Cl-].[Cl-]. The summed E-state index contributed by atoms with van der Waals surface area (Å²) in [6.07, 6.45) is 0. The molecule has 4 saturated heterocycles. The molecular weight excluding hydrogens is 446 g/mol. The Morgan fingerprint density at radius 2 is 0.429 bits per heavy atom. The molecule has 12 N–H and O–H groups in total. The van der Waals surface area contributed by atoms with Gasteiger partial charge in [-0.25, -0.2) is 0 Å². The van der Waals surface area contributed by atoms with Crippen molar-refractivity contribution < 1.29 is 70.9 Å². The van der Waals surface area contributed by atoms with Gasteiger partial charge in [-0.05, 0) is 0 Å². The lowest BCUT2D eigenvalue weighted by Gasteiger charge is -2.07. The van der Waals surface area contributed by atoms with Gasteiger partial charge in [0.1, 0.15) is 0 Å². The predicted octanol–water partition coefficient (Wildman–Crippen LogP) is -19.4. The van der Waals surface area contributed by atoms with Crippen LogP contribution in [0.1, 0.15) is 0 Å². The lowest BCUT2D eigenvalue weighted by molar-refractivity contribution is -0.657. The maximum Gasteiger partial charge on any atom is 0.0882 e. The number of quaternary nitrogens is 4. The zero-order chi connectivity index (χ0) is 17.0. The summed E-state index contributed by atoms with van der Waals surface area (Å²) in [4.78, 5) is 0. The van der Waals surface area contributed by atoms with Gasteiger partial charge in [0, 0.05) is 52.4 Å². The van der Waals surface area contributed by atoms with Gasteiger partial charge in [-0.15, -0.1) is 0 Å². The van der Waals surface area contributed by atoms with Gasteiger partial charge in [0.15, 0.2) is 0 Å². The molecule has 4 heterocycles. The van der Waals surface area contributed by atoms with Crippen molar-refractivity contribution in [2.75, 3.05) is 105 Å². The molecule has 0 atom stereocenters. The van der Waals surface area contributed by atoms with E-state index < -0.39 is 0 Å². The second-order valence-electron chi connectivity index (χ2n) is 6.46. The van der Waals surface area contributed by atoms with Crippen molar-refractivity contribution in [3.05, 3.63) is 0 Å². The van der Waals surface area contributed by atoms with Crippen molar-refractivity contribution in [2.24, 2.45) is 0 Å². The monoisotopic (exact) mass is 488 g/mol. The molecule has 4 fully saturated rings. The summed E-state index contributed by atoms with van der Waals surface area (Å²) in [5.74, 6) is 0. The molecule has 0 bridgehead atoms. The first-order valence-corrected chi connectivity index (χ1v) is 10.1. The standard InChI is InChI=1S/4C4H10N2.4ClH/c4*1-2-6-4-3-5-1;;;;/h4*5-6H,1-4H2;4*1H. The zero-order valence-corrected chi connectivity index (χ0v) is 20.2. The number of hydrogen-bond donors (Lipinski definition) is 8. The average Bonchev–Trinajstić information content (AvgIpc) is 2.75. The van der Waals surface area contributed by atoms with Crippen molar-refractivity contribution in [2.45, 2.75) is 0 Å². The first kappa shape index (κ1) is 36.2. The summed E-state index contributed by atoms with van der Waals surface area (Å²) in [5.41, 5.74) is 0. The van der Waals surface area contributed by atoms with E-state index in [4.69, 9.17) is 0 Å². The van der Waals surface area contributed by atoms with E-state index in [1.54, 1.807) is 0 Å². The van der Waals surface area contributed by atoms with E-state index in [1.807, 2.05) is 0 Å². The molecule has 4 rings (SSSR count). The number of piperazine rings is 4. The van der Waals surface area contributed by atoms with Gasteiger partial charge >= 0.3 is 0 Å². The molecule has 176 valence electrons. The maximum atomic E-state index is 3.25. The fourth-order valence-corrected chi connectivity index (χ4v) is 2.71. The summed E-state index contributed by atoms with van der Waals surface area (Å²) < 4.78 is 0. The lowest BCUT2D eigenvalue weighted by atomic mass is 10.4. The second-order valence-corrected chi connectivity index (χ2v) is 6.46. The van der Waals surface area contributed by atoms with Gasteiger partial charge < -0.3 is 92.2 Å². The Labute approximate surface area is 196 Å². The molecule has 0 spiro atoms. The Morgan fingerprint density at radius 3 is 0.464 bits per heavy atom. The molecule has 8 nitrogen and oxygen atoms in total. The van der Waals surface area contributed by atoms with Crippen LogP contribution in [0.4, 0.5) is 0 Å². The third kappa shape index (κ3) is 29.0. The van der Waals surface area contributed by atoms with Gasteiger partial charge in [-0.3, -0.25) is 0 Å². The fraction of sp³-hybridized carbons (Fsp3) is 1.00. The Kier molecular flexibility index (Phi) is 42.1. The summed E-state index contributed by atoms with van der Waals surface area (Å²) >= 11 is 0. The molecule has 0 saturated carbocycles. The van der Waals surface area contributed by atoms with Gasteiger partial charge in [-0.1, -0.05) is 0 Å². The predicted molar refractivity (Wildman–Crippen MR) is 98.1 cm³/mol. The Morgan fingerprint density at radius 1 is 0.286 bits per heavy atom. The molecule has 0 amide bonds. The first-order valence-electron chi connectivity index (χ1n) is 10.1. The summed E-state index contributed by atoms with van der Waals surface area (Å²) in [7, 11) is 0. The third-order valence-corrected chi connectivity index (χ3v) is 4.20. The average molecular weight is 490 g/mol. The normalized spacial score (nSPS) is 20.6. The number of nitrogens with one attached hydrogen (secondary N) is 4. The van der Waals surface area contributed by atoms with Crippen molar-refractivity contribution >= 4 is 0 Å². The van der Waals surface area contributed by atoms with Crippen molar-refractivity contribution in [3.8, 4) is 0 Å². The van der Waals surface area contributed by atoms with Crippen LogP contribution >= 0.6 is 0 Å². The second kappa shape index (κ2) is 32.5. The molecule has 4 aliphatic heterocycles. The molecule has 0 aliphatic carbocycles. The molecule has 4 aliphatic rings. The Balaban J connectivity index is -0.000000131. The lowest BCUT2D eigenvalue weighted by Crippen LogP contribution is -3.00. The highest BCUT2D eigenvalue weighted by molar-refractivity contribution is 4.46. The van der Waals surface area contributed by atoms with Crippen LogP contribution in [-0.2, 0) is 0 Å². The van der Waals surface area contributed by atoms with Crippen molar-refractivity contribution in [3.63, 3.8) is 0 Å². The quantitative estimate of drug-likeness (QED) is 0.172. The van der Waals surface area contributed by atoms with E-state index >= 15 is 0 Å². The Bertz CT molecular complexity index is 149. The topological polar surface area (TPSA) is 115 Å². The minimum absolute atomic E-state index is 0. The number of halogens is 4. The van der Waals surface area contributed by atoms with Crippen LogP contribution in [-0.4, -0.2) is 105 Å². The van der Waals surface area contributed by atoms with E-state index in [1.165, 1.54) is 105 Å². The van der Waals surface area contributed by atoms with Crippen LogP contribution in [0.3, 0.4) is 0 Å². The summed E-state index contributed by atoms with van der Waals surface area (Å²) in [6, 6.07) is 0. The number of hydrogen-bond acceptors (Lipinski definition) is 4. The molecule has 0 aromatic heterocycles. The number of nitrogens with two attached hydrogens (primary N) is 4. The Hall–Kier alpha value is 0.840.